The summed E-state index contributed by atoms with van der Waals surface area (Å²) in [5.41, 5.74) is 3.36. The summed E-state index contributed by atoms with van der Waals surface area (Å²) in [6, 6.07) is 13.3. The minimum Gasteiger partial charge on any atom is -0.370 e. The van der Waals surface area contributed by atoms with Crippen molar-refractivity contribution in [3.63, 3.8) is 0 Å². The average molecular weight is 484 g/mol. The van der Waals surface area contributed by atoms with Gasteiger partial charge in [0.1, 0.15) is 23.9 Å². The van der Waals surface area contributed by atoms with Gasteiger partial charge in [-0.3, -0.25) is 0 Å². The summed E-state index contributed by atoms with van der Waals surface area (Å²) in [4.78, 5) is 13.6. The molecule has 7 nitrogen and oxygen atoms in total. The van der Waals surface area contributed by atoms with Crippen molar-refractivity contribution in [2.75, 3.05) is 11.9 Å². The van der Waals surface area contributed by atoms with E-state index < -0.39 is 5.79 Å². The molecule has 1 aromatic carbocycles. The zero-order valence-electron chi connectivity index (χ0n) is 20.9. The Balaban J connectivity index is 1.10. The highest BCUT2D eigenvalue weighted by atomic mass is 16.8. The molecular formula is C29H33N5O2. The molecule has 3 aliphatic rings. The molecule has 36 heavy (non-hydrogen) atoms. The summed E-state index contributed by atoms with van der Waals surface area (Å²) in [5.74, 6) is 1.66. The molecule has 3 aromatic heterocycles. The molecular weight excluding hydrogens is 450 g/mol. The van der Waals surface area contributed by atoms with Crippen molar-refractivity contribution in [1.29, 1.82) is 0 Å². The van der Waals surface area contributed by atoms with Crippen LogP contribution in [0.2, 0.25) is 0 Å². The first-order chi connectivity index (χ1) is 17.5. The highest BCUT2D eigenvalue weighted by Crippen LogP contribution is 2.49. The first-order valence-corrected chi connectivity index (χ1v) is 13.3. The zero-order chi connectivity index (χ0) is 24.3. The molecule has 1 aliphatic heterocycles. The van der Waals surface area contributed by atoms with Gasteiger partial charge in [-0.25, -0.2) is 15.0 Å². The topological polar surface area (TPSA) is 74.1 Å². The van der Waals surface area contributed by atoms with Gasteiger partial charge in [-0.2, -0.15) is 0 Å². The number of pyridine rings is 1. The van der Waals surface area contributed by atoms with E-state index in [9.17, 15) is 0 Å². The van der Waals surface area contributed by atoms with Crippen LogP contribution in [0.3, 0.4) is 0 Å². The fourth-order valence-electron chi connectivity index (χ4n) is 6.12. The molecule has 0 amide bonds. The van der Waals surface area contributed by atoms with Gasteiger partial charge in [0.05, 0.1) is 17.7 Å². The molecule has 4 heterocycles. The summed E-state index contributed by atoms with van der Waals surface area (Å²) in [6.07, 6.45) is 11.5. The fourth-order valence-corrected chi connectivity index (χ4v) is 6.12. The Bertz CT molecular complexity index is 1410. The predicted molar refractivity (Wildman–Crippen MR) is 140 cm³/mol. The second kappa shape index (κ2) is 8.53. The van der Waals surface area contributed by atoms with Gasteiger partial charge in [0.25, 0.3) is 0 Å². The standard InChI is InChI=1S/C29H33N5O2/c1-29(2)35-26-21(14-24(27(26)36-29)34-12-11-22-16-30-17-32-28(22)34)8-6-18-5-7-20-9-10-25(33-23(20)13-18)31-15-19-3-4-19/h5,7,9-13,16-17,19,21,24,26-27H,3-4,6,8,14-15H2,1-2H3,(H,31,33)/t21-,24+,26+,27-/m0/s1. The van der Waals surface area contributed by atoms with E-state index in [1.807, 2.05) is 20.0 Å². The third-order valence-corrected chi connectivity index (χ3v) is 8.12. The van der Waals surface area contributed by atoms with Crippen LogP contribution in [0.1, 0.15) is 51.1 Å². The van der Waals surface area contributed by atoms with Gasteiger partial charge in [0.2, 0.25) is 0 Å². The Morgan fingerprint density at radius 1 is 1.06 bits per heavy atom. The molecule has 0 unspecified atom stereocenters. The predicted octanol–water partition coefficient (Wildman–Crippen LogP) is 5.52. The van der Waals surface area contributed by atoms with Gasteiger partial charge in [0.15, 0.2) is 5.79 Å². The minimum atomic E-state index is -0.569. The van der Waals surface area contributed by atoms with Crippen molar-refractivity contribution in [2.45, 2.75) is 70.0 Å². The van der Waals surface area contributed by atoms with E-state index in [-0.39, 0.29) is 18.2 Å². The van der Waals surface area contributed by atoms with E-state index in [4.69, 9.17) is 14.5 Å². The van der Waals surface area contributed by atoms with Gasteiger partial charge >= 0.3 is 0 Å². The maximum absolute atomic E-state index is 6.46. The lowest BCUT2D eigenvalue weighted by atomic mass is 9.95. The number of rotatable bonds is 7. The first-order valence-electron chi connectivity index (χ1n) is 13.3. The number of nitrogens with one attached hydrogen (secondary N) is 1. The van der Waals surface area contributed by atoms with Crippen LogP contribution < -0.4 is 5.32 Å². The molecule has 0 bridgehead atoms. The largest absolute Gasteiger partial charge is 0.370 e. The van der Waals surface area contributed by atoms with E-state index in [0.29, 0.717) is 5.92 Å². The van der Waals surface area contributed by atoms with Gasteiger partial charge in [-0.15, -0.1) is 0 Å². The summed E-state index contributed by atoms with van der Waals surface area (Å²) in [5, 5.41) is 5.75. The number of nitrogens with zero attached hydrogens (tertiary/aromatic N) is 4. The number of ether oxygens (including phenoxy) is 2. The Morgan fingerprint density at radius 2 is 1.92 bits per heavy atom. The third-order valence-electron chi connectivity index (χ3n) is 8.12. The Morgan fingerprint density at radius 3 is 2.81 bits per heavy atom. The third kappa shape index (κ3) is 4.14. The molecule has 2 aliphatic carbocycles. The van der Waals surface area contributed by atoms with E-state index >= 15 is 0 Å². The highest BCUT2D eigenvalue weighted by Gasteiger charge is 2.54. The maximum atomic E-state index is 6.46. The normalized spacial score (nSPS) is 27.1. The Kier molecular flexibility index (Phi) is 5.26. The molecule has 1 N–H and O–H groups in total. The summed E-state index contributed by atoms with van der Waals surface area (Å²) >= 11 is 0. The van der Waals surface area contributed by atoms with Crippen LogP contribution >= 0.6 is 0 Å². The molecule has 0 radical (unpaired) electrons. The van der Waals surface area contributed by atoms with Crippen LogP contribution in [0.25, 0.3) is 21.9 Å². The van der Waals surface area contributed by atoms with Crippen molar-refractivity contribution in [1.82, 2.24) is 19.5 Å². The van der Waals surface area contributed by atoms with E-state index in [1.54, 1.807) is 6.33 Å². The highest BCUT2D eigenvalue weighted by molar-refractivity contribution is 5.81. The molecule has 186 valence electrons. The second-order valence-corrected chi connectivity index (χ2v) is 11.2. The van der Waals surface area contributed by atoms with E-state index in [2.05, 4.69) is 62.4 Å². The van der Waals surface area contributed by atoms with Crippen molar-refractivity contribution < 1.29 is 9.47 Å². The van der Waals surface area contributed by atoms with Crippen molar-refractivity contribution in [3.05, 3.63) is 60.7 Å². The number of anilines is 1. The molecule has 0 spiro atoms. The molecule has 7 heteroatoms. The van der Waals surface area contributed by atoms with Gasteiger partial charge in [-0.1, -0.05) is 12.1 Å². The monoisotopic (exact) mass is 483 g/mol. The SMILES string of the molecule is CC1(C)O[C@@H]2[C@@H](CCc3ccc4ccc(NCC5CC5)nc4c3)C[C@@H](n3ccc4cncnc43)[C@@H]2O1. The quantitative estimate of drug-likeness (QED) is 0.373. The minimum absolute atomic E-state index is 0.0222. The van der Waals surface area contributed by atoms with Crippen LogP contribution in [-0.2, 0) is 15.9 Å². The number of hydrogen-bond acceptors (Lipinski definition) is 6. The molecule has 2 saturated carbocycles. The van der Waals surface area contributed by atoms with Crippen LogP contribution in [0, 0.1) is 11.8 Å². The number of aryl methyl sites for hydroxylation is 1. The second-order valence-electron chi connectivity index (χ2n) is 11.2. The van der Waals surface area contributed by atoms with Crippen LogP contribution in [0.15, 0.2) is 55.1 Å². The lowest BCUT2D eigenvalue weighted by Crippen LogP contribution is -2.27. The molecule has 1 saturated heterocycles. The average Bonchev–Trinajstić information content (AvgIpc) is 3.41. The molecule has 7 rings (SSSR count). The lowest BCUT2D eigenvalue weighted by Gasteiger charge is -2.24. The smallest absolute Gasteiger partial charge is 0.163 e. The van der Waals surface area contributed by atoms with Gasteiger partial charge in [0, 0.05) is 29.7 Å². The zero-order valence-corrected chi connectivity index (χ0v) is 20.9. The fraction of sp³-hybridized carbons (Fsp3) is 0.483. The maximum Gasteiger partial charge on any atom is 0.163 e. The van der Waals surface area contributed by atoms with E-state index in [0.717, 1.165) is 54.1 Å². The summed E-state index contributed by atoms with van der Waals surface area (Å²) in [7, 11) is 0. The first kappa shape index (κ1) is 22.2. The lowest BCUT2D eigenvalue weighted by molar-refractivity contribution is -0.160. The van der Waals surface area contributed by atoms with Crippen molar-refractivity contribution in [2.24, 2.45) is 11.8 Å². The van der Waals surface area contributed by atoms with Crippen molar-refractivity contribution in [3.8, 4) is 0 Å². The van der Waals surface area contributed by atoms with Gasteiger partial charge < -0.3 is 19.4 Å². The summed E-state index contributed by atoms with van der Waals surface area (Å²) < 4.78 is 15.2. The number of benzene rings is 1. The Labute approximate surface area is 211 Å². The van der Waals surface area contributed by atoms with Crippen LogP contribution in [0.5, 0.6) is 0 Å². The summed E-state index contributed by atoms with van der Waals surface area (Å²) in [6.45, 7) is 5.09. The van der Waals surface area contributed by atoms with Crippen molar-refractivity contribution >= 4 is 27.8 Å². The number of hydrogen-bond donors (Lipinski definition) is 1. The van der Waals surface area contributed by atoms with Crippen LogP contribution in [0.4, 0.5) is 5.82 Å². The molecule has 3 fully saturated rings. The number of aromatic nitrogens is 4. The van der Waals surface area contributed by atoms with Crippen LogP contribution in [-0.4, -0.2) is 44.1 Å². The Hall–Kier alpha value is -3.03. The number of fused-ring (bicyclic) bond motifs is 3. The van der Waals surface area contributed by atoms with E-state index in [1.165, 1.54) is 23.8 Å². The van der Waals surface area contributed by atoms with Gasteiger partial charge in [-0.05, 0) is 87.6 Å². The molecule has 4 aromatic rings. The molecule has 4 atom stereocenters.